The van der Waals surface area contributed by atoms with Gasteiger partial charge in [0.15, 0.2) is 0 Å². The molecule has 0 spiro atoms. The van der Waals surface area contributed by atoms with Gasteiger partial charge < -0.3 is 25.0 Å². The van der Waals surface area contributed by atoms with Crippen LogP contribution in [0.25, 0.3) is 0 Å². The zero-order chi connectivity index (χ0) is 13.5. The summed E-state index contributed by atoms with van der Waals surface area (Å²) in [4.78, 5) is 2.02. The molecule has 1 aromatic carbocycles. The summed E-state index contributed by atoms with van der Waals surface area (Å²) >= 11 is 0. The van der Waals surface area contributed by atoms with Crippen LogP contribution in [0.5, 0.6) is 5.75 Å². The van der Waals surface area contributed by atoms with Crippen LogP contribution in [0, 0.1) is 0 Å². The predicted octanol–water partition coefficient (Wildman–Crippen LogP) is 0.0136. The normalized spacial score (nSPS) is 14.6. The van der Waals surface area contributed by atoms with E-state index < -0.39 is 18.8 Å². The largest absolute Gasteiger partial charge is 0.492 e. The second-order valence-corrected chi connectivity index (χ2v) is 4.42. The predicted molar refractivity (Wildman–Crippen MR) is 68.5 cm³/mol. The zero-order valence-electron chi connectivity index (χ0n) is 10.8. The Morgan fingerprint density at radius 3 is 2.28 bits per heavy atom. The lowest BCUT2D eigenvalue weighted by Gasteiger charge is -2.16. The molecular weight excluding hydrogens is 234 g/mol. The fourth-order valence-corrected chi connectivity index (χ4v) is 1.43. The molecule has 0 bridgehead atoms. The number of benzene rings is 1. The van der Waals surface area contributed by atoms with Gasteiger partial charge in [-0.3, -0.25) is 0 Å². The molecule has 0 fully saturated rings. The van der Waals surface area contributed by atoms with Gasteiger partial charge in [-0.2, -0.15) is 0 Å². The van der Waals surface area contributed by atoms with E-state index in [1.165, 1.54) is 0 Å². The van der Waals surface area contributed by atoms with Gasteiger partial charge in [0.1, 0.15) is 24.6 Å². The molecule has 5 nitrogen and oxygen atoms in total. The molecule has 1 aromatic rings. The third kappa shape index (κ3) is 4.62. The molecule has 0 radical (unpaired) electrons. The number of rotatable bonds is 7. The highest BCUT2D eigenvalue weighted by Gasteiger charge is 2.16. The van der Waals surface area contributed by atoms with E-state index in [2.05, 4.69) is 0 Å². The number of aliphatic hydroxyl groups is 3. The lowest BCUT2D eigenvalue weighted by atomic mass is 10.1. The molecule has 0 aliphatic rings. The maximum atomic E-state index is 9.67. The summed E-state index contributed by atoms with van der Waals surface area (Å²) in [7, 11) is 3.94. The van der Waals surface area contributed by atoms with E-state index in [1.54, 1.807) is 24.3 Å². The first-order valence-electron chi connectivity index (χ1n) is 5.89. The maximum absolute atomic E-state index is 9.67. The molecule has 2 unspecified atom stereocenters. The van der Waals surface area contributed by atoms with Crippen molar-refractivity contribution in [1.82, 2.24) is 4.90 Å². The average Bonchev–Trinajstić information content (AvgIpc) is 2.37. The summed E-state index contributed by atoms with van der Waals surface area (Å²) in [6.07, 6.45) is -2.24. The number of likely N-dealkylation sites (N-methyl/N-ethyl adjacent to an activating group) is 1. The monoisotopic (exact) mass is 255 g/mol. The molecule has 0 aromatic heterocycles. The minimum atomic E-state index is -1.16. The van der Waals surface area contributed by atoms with Gasteiger partial charge in [0.25, 0.3) is 0 Å². The van der Waals surface area contributed by atoms with E-state index in [0.717, 1.165) is 6.54 Å². The van der Waals surface area contributed by atoms with Crippen LogP contribution in [0.1, 0.15) is 11.7 Å². The third-order valence-corrected chi connectivity index (χ3v) is 2.58. The molecule has 0 saturated heterocycles. The number of aliphatic hydroxyl groups excluding tert-OH is 3. The molecule has 1 rings (SSSR count). The van der Waals surface area contributed by atoms with Gasteiger partial charge >= 0.3 is 0 Å². The standard InChI is InChI=1S/C13H21NO4/c1-14(2)7-8-18-11-5-3-10(4-6-11)13(17)12(16)9-15/h3-6,12-13,15-17H,7-9H2,1-2H3. The maximum Gasteiger partial charge on any atom is 0.119 e. The van der Waals surface area contributed by atoms with Crippen molar-refractivity contribution in [2.24, 2.45) is 0 Å². The molecule has 102 valence electrons. The zero-order valence-corrected chi connectivity index (χ0v) is 10.8. The second-order valence-electron chi connectivity index (χ2n) is 4.42. The Morgan fingerprint density at radius 1 is 1.17 bits per heavy atom. The summed E-state index contributed by atoms with van der Waals surface area (Å²) in [5.74, 6) is 0.714. The van der Waals surface area contributed by atoms with Crippen LogP contribution in [-0.2, 0) is 0 Å². The Labute approximate surface area is 107 Å². The van der Waals surface area contributed by atoms with Crippen molar-refractivity contribution < 1.29 is 20.1 Å². The number of nitrogens with zero attached hydrogens (tertiary/aromatic N) is 1. The average molecular weight is 255 g/mol. The van der Waals surface area contributed by atoms with E-state index in [0.29, 0.717) is 17.9 Å². The highest BCUT2D eigenvalue weighted by Crippen LogP contribution is 2.20. The van der Waals surface area contributed by atoms with Crippen molar-refractivity contribution >= 4 is 0 Å². The first-order valence-corrected chi connectivity index (χ1v) is 5.89. The summed E-state index contributed by atoms with van der Waals surface area (Å²) < 4.78 is 5.50. The van der Waals surface area contributed by atoms with Crippen molar-refractivity contribution in [3.63, 3.8) is 0 Å². The van der Waals surface area contributed by atoms with Crippen LogP contribution < -0.4 is 4.74 Å². The quantitative estimate of drug-likeness (QED) is 0.640. The second kappa shape index (κ2) is 7.33. The van der Waals surface area contributed by atoms with Crippen LogP contribution in [0.15, 0.2) is 24.3 Å². The van der Waals surface area contributed by atoms with Crippen molar-refractivity contribution in [2.75, 3.05) is 33.9 Å². The smallest absolute Gasteiger partial charge is 0.119 e. The summed E-state index contributed by atoms with van der Waals surface area (Å²) in [5, 5.41) is 27.7. The topological polar surface area (TPSA) is 73.2 Å². The molecule has 0 heterocycles. The summed E-state index contributed by atoms with van der Waals surface area (Å²) in [6.45, 7) is 0.948. The van der Waals surface area contributed by atoms with Gasteiger partial charge in [-0.05, 0) is 31.8 Å². The lowest BCUT2D eigenvalue weighted by molar-refractivity contribution is -0.0152. The number of ether oxygens (including phenoxy) is 1. The molecule has 0 aliphatic heterocycles. The van der Waals surface area contributed by atoms with Gasteiger partial charge in [0.2, 0.25) is 0 Å². The first kappa shape index (κ1) is 14.9. The molecule has 5 heteroatoms. The molecule has 18 heavy (non-hydrogen) atoms. The Balaban J connectivity index is 2.52. The van der Waals surface area contributed by atoms with E-state index >= 15 is 0 Å². The molecule has 0 saturated carbocycles. The van der Waals surface area contributed by atoms with Crippen molar-refractivity contribution in [3.8, 4) is 5.75 Å². The third-order valence-electron chi connectivity index (χ3n) is 2.58. The summed E-state index contributed by atoms with van der Waals surface area (Å²) in [5.41, 5.74) is 0.552. The van der Waals surface area contributed by atoms with Crippen LogP contribution in [0.3, 0.4) is 0 Å². The molecule has 3 N–H and O–H groups in total. The Bertz CT molecular complexity index is 339. The minimum Gasteiger partial charge on any atom is -0.492 e. The van der Waals surface area contributed by atoms with E-state index in [-0.39, 0.29) is 0 Å². The van der Waals surface area contributed by atoms with Crippen LogP contribution in [-0.4, -0.2) is 60.2 Å². The van der Waals surface area contributed by atoms with Gasteiger partial charge in [-0.15, -0.1) is 0 Å². The highest BCUT2D eigenvalue weighted by atomic mass is 16.5. The fourth-order valence-electron chi connectivity index (χ4n) is 1.43. The van der Waals surface area contributed by atoms with Crippen LogP contribution in [0.4, 0.5) is 0 Å². The Morgan fingerprint density at radius 2 is 1.78 bits per heavy atom. The van der Waals surface area contributed by atoms with Crippen LogP contribution >= 0.6 is 0 Å². The number of hydrogen-bond donors (Lipinski definition) is 3. The van der Waals surface area contributed by atoms with Crippen molar-refractivity contribution in [1.29, 1.82) is 0 Å². The van der Waals surface area contributed by atoms with Gasteiger partial charge in [0, 0.05) is 6.54 Å². The SMILES string of the molecule is CN(C)CCOc1ccc(C(O)C(O)CO)cc1. The van der Waals surface area contributed by atoms with E-state index in [4.69, 9.17) is 9.84 Å². The van der Waals surface area contributed by atoms with Gasteiger partial charge in [0.05, 0.1) is 6.61 Å². The van der Waals surface area contributed by atoms with Crippen molar-refractivity contribution in [3.05, 3.63) is 29.8 Å². The molecular formula is C13H21NO4. The van der Waals surface area contributed by atoms with Gasteiger partial charge in [-0.25, -0.2) is 0 Å². The fraction of sp³-hybridized carbons (Fsp3) is 0.538. The Hall–Kier alpha value is -1.14. The highest BCUT2D eigenvalue weighted by molar-refractivity contribution is 5.29. The molecule has 2 atom stereocenters. The molecule has 0 aliphatic carbocycles. The first-order chi connectivity index (χ1) is 8.54. The van der Waals surface area contributed by atoms with Crippen LogP contribution in [0.2, 0.25) is 0 Å². The van der Waals surface area contributed by atoms with E-state index in [9.17, 15) is 10.2 Å². The lowest BCUT2D eigenvalue weighted by Crippen LogP contribution is -2.22. The van der Waals surface area contributed by atoms with Crippen molar-refractivity contribution in [2.45, 2.75) is 12.2 Å². The summed E-state index contributed by atoms with van der Waals surface area (Å²) in [6, 6.07) is 6.82. The van der Waals surface area contributed by atoms with E-state index in [1.807, 2.05) is 19.0 Å². The molecule has 0 amide bonds. The minimum absolute atomic E-state index is 0.470. The Kier molecular flexibility index (Phi) is 6.07. The van der Waals surface area contributed by atoms with Gasteiger partial charge in [-0.1, -0.05) is 12.1 Å². The number of hydrogen-bond acceptors (Lipinski definition) is 5.